The smallest absolute Gasteiger partial charge is 0.413 e. The van der Waals surface area contributed by atoms with Crippen LogP contribution in [0.3, 0.4) is 0 Å². The molecule has 1 aromatic heterocycles. The molecule has 3 N–H and O–H groups in total. The third kappa shape index (κ3) is 6.66. The topological polar surface area (TPSA) is 139 Å². The van der Waals surface area contributed by atoms with E-state index in [9.17, 15) is 19.5 Å². The van der Waals surface area contributed by atoms with Gasteiger partial charge in [-0.2, -0.15) is 0 Å². The van der Waals surface area contributed by atoms with Gasteiger partial charge in [-0.15, -0.1) is 0 Å². The first kappa shape index (κ1) is 28.9. The number of aliphatic hydroxyl groups excluding tert-OH is 1. The molecule has 11 nitrogen and oxygen atoms in total. The summed E-state index contributed by atoms with van der Waals surface area (Å²) >= 11 is 0. The van der Waals surface area contributed by atoms with Crippen LogP contribution in [0.5, 0.6) is 11.6 Å². The summed E-state index contributed by atoms with van der Waals surface area (Å²) in [6, 6.07) is 6.41. The number of rotatable bonds is 10. The van der Waals surface area contributed by atoms with E-state index in [1.54, 1.807) is 52.3 Å². The summed E-state index contributed by atoms with van der Waals surface area (Å²) in [7, 11) is 1.58. The number of benzene rings is 1. The molecule has 0 radical (unpaired) electrons. The molecule has 3 aliphatic rings. The maximum Gasteiger partial charge on any atom is 0.413 e. The van der Waals surface area contributed by atoms with E-state index < -0.39 is 41.4 Å². The quantitative estimate of drug-likeness (QED) is 0.397. The van der Waals surface area contributed by atoms with Crippen LogP contribution >= 0.6 is 0 Å². The van der Waals surface area contributed by atoms with Crippen molar-refractivity contribution in [3.05, 3.63) is 30.5 Å². The number of likely N-dealkylation sites (tertiary alicyclic amines) is 1. The fourth-order valence-electron chi connectivity index (χ4n) is 5.19. The number of hydrogen-bond donors (Lipinski definition) is 3. The zero-order chi connectivity index (χ0) is 29.4. The number of nitrogens with one attached hydrogen (secondary N) is 2. The van der Waals surface area contributed by atoms with E-state index >= 15 is 0 Å². The van der Waals surface area contributed by atoms with Crippen molar-refractivity contribution in [2.45, 2.75) is 95.2 Å². The Balaban J connectivity index is 1.48. The van der Waals surface area contributed by atoms with Gasteiger partial charge in [-0.1, -0.05) is 12.8 Å². The largest absolute Gasteiger partial charge is 0.497 e. The first-order valence-corrected chi connectivity index (χ1v) is 14.4. The number of methoxy groups -OCH3 is 1. The zero-order valence-electron chi connectivity index (χ0n) is 24.1. The number of ether oxygens (including phenoxy) is 3. The fourth-order valence-corrected chi connectivity index (χ4v) is 5.19. The Morgan fingerprint density at radius 2 is 1.93 bits per heavy atom. The molecule has 3 atom stereocenters. The molecule has 5 rings (SSSR count). The van der Waals surface area contributed by atoms with Crippen LogP contribution in [0.4, 0.5) is 4.79 Å². The minimum absolute atomic E-state index is 0.0673. The monoisotopic (exact) mass is 568 g/mol. The van der Waals surface area contributed by atoms with Gasteiger partial charge in [-0.05, 0) is 82.0 Å². The van der Waals surface area contributed by atoms with E-state index in [4.69, 9.17) is 14.2 Å². The number of fused-ring (bicyclic) bond motifs is 1. The number of nitrogens with zero attached hydrogens (tertiary/aromatic N) is 2. The summed E-state index contributed by atoms with van der Waals surface area (Å²) in [6.07, 6.45) is 4.23. The van der Waals surface area contributed by atoms with Crippen molar-refractivity contribution in [2.24, 2.45) is 5.92 Å². The minimum Gasteiger partial charge on any atom is -0.497 e. The second-order valence-electron chi connectivity index (χ2n) is 12.3. The lowest BCUT2D eigenvalue weighted by molar-refractivity contribution is -0.153. The molecule has 1 unspecified atom stereocenters. The number of pyridine rings is 1. The van der Waals surface area contributed by atoms with Gasteiger partial charge < -0.3 is 30.0 Å². The summed E-state index contributed by atoms with van der Waals surface area (Å²) in [5, 5.41) is 18.2. The molecule has 3 fully saturated rings. The molecule has 0 spiro atoms. The van der Waals surface area contributed by atoms with Crippen molar-refractivity contribution in [3.63, 3.8) is 0 Å². The van der Waals surface area contributed by atoms with Gasteiger partial charge in [0.2, 0.25) is 5.88 Å². The van der Waals surface area contributed by atoms with Crippen molar-refractivity contribution in [1.29, 1.82) is 0 Å². The molecule has 2 saturated carbocycles. The van der Waals surface area contributed by atoms with Crippen LogP contribution in [-0.2, 0) is 14.3 Å². The highest BCUT2D eigenvalue weighted by molar-refractivity contribution is 5.92. The lowest BCUT2D eigenvalue weighted by Gasteiger charge is -2.38. The first-order valence-electron chi connectivity index (χ1n) is 14.4. The van der Waals surface area contributed by atoms with Gasteiger partial charge in [-0.25, -0.2) is 9.78 Å². The predicted octanol–water partition coefficient (Wildman–Crippen LogP) is 3.27. The van der Waals surface area contributed by atoms with Gasteiger partial charge in [0.1, 0.15) is 11.4 Å². The molecule has 2 heterocycles. The Hall–Kier alpha value is -3.60. The Kier molecular flexibility index (Phi) is 8.00. The normalized spacial score (nSPS) is 22.1. The van der Waals surface area contributed by atoms with Gasteiger partial charge in [0.05, 0.1) is 13.2 Å². The average molecular weight is 569 g/mol. The minimum atomic E-state index is -1.81. The second kappa shape index (κ2) is 11.3. The van der Waals surface area contributed by atoms with Gasteiger partial charge in [0.15, 0.2) is 6.10 Å². The van der Waals surface area contributed by atoms with E-state index in [1.165, 1.54) is 4.90 Å². The molecular weight excluding hydrogens is 528 g/mol. The molecule has 0 bridgehead atoms. The summed E-state index contributed by atoms with van der Waals surface area (Å²) in [5.74, 6) is -0.00680. The van der Waals surface area contributed by atoms with Gasteiger partial charge in [-0.3, -0.25) is 14.5 Å². The highest BCUT2D eigenvalue weighted by Crippen LogP contribution is 2.38. The van der Waals surface area contributed by atoms with Crippen LogP contribution in [0, 0.1) is 5.92 Å². The number of aliphatic hydroxyl groups is 1. The molecule has 222 valence electrons. The van der Waals surface area contributed by atoms with Crippen LogP contribution in [0.2, 0.25) is 0 Å². The van der Waals surface area contributed by atoms with Crippen LogP contribution < -0.4 is 20.1 Å². The maximum absolute atomic E-state index is 14.3. The summed E-state index contributed by atoms with van der Waals surface area (Å²) in [4.78, 5) is 46.3. The van der Waals surface area contributed by atoms with Gasteiger partial charge in [0.25, 0.3) is 17.5 Å². The standard InChI is InChI=1S/C30H40N4O7/c1-29(2,3)41-28(38)34-15-5-13-30(34,40-26-22-11-10-21(39-4)17-19(22)12-14-31-26)27(37)33-23(16-18-6-7-18)24(35)25(36)32-20-8-9-20/h10-12,14,17-18,20,23-24,35H,5-9,13,15-16H2,1-4H3,(H,32,36)(H,33,37)/t23-,24?,30-/m0/s1. The third-order valence-electron chi connectivity index (χ3n) is 7.68. The molecule has 1 aromatic carbocycles. The van der Waals surface area contributed by atoms with E-state index in [1.807, 2.05) is 6.07 Å². The number of amides is 3. The molecule has 11 heteroatoms. The molecule has 1 saturated heterocycles. The molecule has 41 heavy (non-hydrogen) atoms. The second-order valence-corrected chi connectivity index (χ2v) is 12.3. The summed E-state index contributed by atoms with van der Waals surface area (Å²) in [6.45, 7) is 5.48. The Morgan fingerprint density at radius 3 is 2.59 bits per heavy atom. The van der Waals surface area contributed by atoms with Crippen molar-refractivity contribution in [2.75, 3.05) is 13.7 Å². The molecule has 2 aromatic rings. The van der Waals surface area contributed by atoms with Crippen molar-refractivity contribution in [3.8, 4) is 11.6 Å². The first-order chi connectivity index (χ1) is 19.5. The van der Waals surface area contributed by atoms with Crippen molar-refractivity contribution < 1.29 is 33.7 Å². The lowest BCUT2D eigenvalue weighted by Crippen LogP contribution is -2.64. The zero-order valence-corrected chi connectivity index (χ0v) is 24.1. The lowest BCUT2D eigenvalue weighted by atomic mass is 10.0. The number of carbonyl (C=O) groups is 3. The Labute approximate surface area is 239 Å². The summed E-state index contributed by atoms with van der Waals surface area (Å²) in [5.41, 5.74) is -2.61. The Morgan fingerprint density at radius 1 is 1.17 bits per heavy atom. The Bertz CT molecular complexity index is 1300. The van der Waals surface area contributed by atoms with Crippen LogP contribution in [0.25, 0.3) is 10.8 Å². The highest BCUT2D eigenvalue weighted by atomic mass is 16.6. The van der Waals surface area contributed by atoms with E-state index in [0.29, 0.717) is 29.9 Å². The molecular formula is C30H40N4O7. The van der Waals surface area contributed by atoms with E-state index in [-0.39, 0.29) is 24.9 Å². The predicted molar refractivity (Wildman–Crippen MR) is 150 cm³/mol. The van der Waals surface area contributed by atoms with Gasteiger partial charge in [0, 0.05) is 30.6 Å². The van der Waals surface area contributed by atoms with E-state index in [2.05, 4.69) is 15.6 Å². The number of hydrogen-bond acceptors (Lipinski definition) is 8. The molecule has 2 aliphatic carbocycles. The maximum atomic E-state index is 14.3. The summed E-state index contributed by atoms with van der Waals surface area (Å²) < 4.78 is 17.5. The SMILES string of the molecule is COc1ccc2c(O[C@]3(C(=O)N[C@@H](CC4CC4)C(O)C(=O)NC4CC4)CCCN3C(=O)OC(C)(C)C)nccc2c1. The van der Waals surface area contributed by atoms with Crippen LogP contribution in [0.15, 0.2) is 30.5 Å². The van der Waals surface area contributed by atoms with Crippen molar-refractivity contribution >= 4 is 28.7 Å². The third-order valence-corrected chi connectivity index (χ3v) is 7.68. The van der Waals surface area contributed by atoms with Crippen molar-refractivity contribution in [1.82, 2.24) is 20.5 Å². The fraction of sp³-hybridized carbons (Fsp3) is 0.600. The van der Waals surface area contributed by atoms with Crippen LogP contribution in [-0.4, -0.2) is 76.1 Å². The molecule has 1 aliphatic heterocycles. The number of carbonyl (C=O) groups excluding carboxylic acids is 3. The molecule has 3 amide bonds. The highest BCUT2D eigenvalue weighted by Gasteiger charge is 2.55. The van der Waals surface area contributed by atoms with Gasteiger partial charge >= 0.3 is 6.09 Å². The average Bonchev–Trinajstić information content (AvgIpc) is 3.86. The number of aromatic nitrogens is 1. The van der Waals surface area contributed by atoms with Crippen LogP contribution in [0.1, 0.15) is 65.7 Å². The van der Waals surface area contributed by atoms with E-state index in [0.717, 1.165) is 31.1 Å².